The molecule has 7 nitrogen and oxygen atoms in total. The van der Waals surface area contributed by atoms with Crippen molar-refractivity contribution in [3.8, 4) is 0 Å². The van der Waals surface area contributed by atoms with Crippen LogP contribution < -0.4 is 4.90 Å². The van der Waals surface area contributed by atoms with Crippen LogP contribution in [0.25, 0.3) is 11.0 Å². The first-order valence-electron chi connectivity index (χ1n) is 10.2. The zero-order valence-electron chi connectivity index (χ0n) is 16.4. The van der Waals surface area contributed by atoms with Gasteiger partial charge in [-0.25, -0.2) is 14.9 Å². The Morgan fingerprint density at radius 3 is 1.80 bits per heavy atom. The van der Waals surface area contributed by atoms with E-state index in [1.165, 1.54) is 0 Å². The lowest BCUT2D eigenvalue weighted by molar-refractivity contribution is 0.0761. The molecule has 3 heterocycles. The molecule has 0 spiro atoms. The molecule has 30 heavy (non-hydrogen) atoms. The van der Waals surface area contributed by atoms with Gasteiger partial charge in [-0.3, -0.25) is 14.4 Å². The van der Waals surface area contributed by atoms with Crippen LogP contribution in [0.4, 0.5) is 5.69 Å². The number of hydrogen-bond acceptors (Lipinski definition) is 5. The van der Waals surface area contributed by atoms with Crippen molar-refractivity contribution < 1.29 is 14.4 Å². The minimum atomic E-state index is -0.500. The number of nitrogens with zero attached hydrogens (tertiary/aromatic N) is 4. The van der Waals surface area contributed by atoms with Gasteiger partial charge in [0.2, 0.25) is 0 Å². The van der Waals surface area contributed by atoms with Gasteiger partial charge in [0.05, 0.1) is 16.7 Å². The fourth-order valence-corrected chi connectivity index (χ4v) is 4.05. The van der Waals surface area contributed by atoms with Gasteiger partial charge in [0.15, 0.2) is 11.4 Å². The molecule has 0 saturated carbocycles. The fourth-order valence-electron chi connectivity index (χ4n) is 4.05. The molecule has 7 heteroatoms. The van der Waals surface area contributed by atoms with Crippen molar-refractivity contribution in [3.05, 3.63) is 65.5 Å². The van der Waals surface area contributed by atoms with E-state index >= 15 is 0 Å². The summed E-state index contributed by atoms with van der Waals surface area (Å²) in [5, 5.41) is 0. The Morgan fingerprint density at radius 1 is 0.733 bits per heavy atom. The summed E-state index contributed by atoms with van der Waals surface area (Å²) >= 11 is 0. The first-order chi connectivity index (χ1) is 14.6. The van der Waals surface area contributed by atoms with Crippen molar-refractivity contribution in [2.75, 3.05) is 18.0 Å². The number of carbonyl (C=O) groups excluding carboxylic acids is 3. The molecule has 5 rings (SSSR count). The van der Waals surface area contributed by atoms with Gasteiger partial charge in [0.1, 0.15) is 0 Å². The third-order valence-corrected chi connectivity index (χ3v) is 5.65. The minimum absolute atomic E-state index is 0.0135. The van der Waals surface area contributed by atoms with E-state index in [1.807, 2.05) is 17.0 Å². The summed E-state index contributed by atoms with van der Waals surface area (Å²) in [6, 6.07) is 13.7. The Morgan fingerprint density at radius 2 is 1.27 bits per heavy atom. The van der Waals surface area contributed by atoms with Gasteiger partial charge >= 0.3 is 0 Å². The van der Waals surface area contributed by atoms with Crippen LogP contribution in [0.2, 0.25) is 0 Å². The Balaban J connectivity index is 1.43. The zero-order valence-corrected chi connectivity index (χ0v) is 16.4. The van der Waals surface area contributed by atoms with Crippen LogP contribution in [0.15, 0.2) is 48.5 Å². The molecule has 2 aliphatic heterocycles. The van der Waals surface area contributed by atoms with Gasteiger partial charge in [-0.1, -0.05) is 25.0 Å². The number of carbonyl (C=O) groups is 3. The van der Waals surface area contributed by atoms with Crippen LogP contribution in [-0.4, -0.2) is 45.7 Å². The first kappa shape index (κ1) is 18.4. The van der Waals surface area contributed by atoms with E-state index in [0.29, 0.717) is 22.3 Å². The normalized spacial score (nSPS) is 16.7. The summed E-state index contributed by atoms with van der Waals surface area (Å²) in [5.74, 6) is -1.01. The molecule has 1 saturated heterocycles. The predicted molar refractivity (Wildman–Crippen MR) is 111 cm³/mol. The quantitative estimate of drug-likeness (QED) is 0.615. The molecule has 0 unspecified atom stereocenters. The highest BCUT2D eigenvalue weighted by Gasteiger charge is 2.40. The van der Waals surface area contributed by atoms with E-state index in [0.717, 1.165) is 43.7 Å². The van der Waals surface area contributed by atoms with E-state index < -0.39 is 11.8 Å². The van der Waals surface area contributed by atoms with Gasteiger partial charge in [-0.05, 0) is 49.2 Å². The largest absolute Gasteiger partial charge is 0.339 e. The maximum atomic E-state index is 12.9. The Bertz CT molecular complexity index is 1110. The maximum Gasteiger partial charge on any atom is 0.286 e. The number of hydrogen-bond donors (Lipinski definition) is 0. The van der Waals surface area contributed by atoms with Crippen molar-refractivity contribution >= 4 is 34.4 Å². The fraction of sp³-hybridized carbons (Fsp3) is 0.261. The van der Waals surface area contributed by atoms with E-state index in [1.54, 1.807) is 36.4 Å². The molecule has 1 fully saturated rings. The van der Waals surface area contributed by atoms with Crippen molar-refractivity contribution in [1.29, 1.82) is 0 Å². The highest BCUT2D eigenvalue weighted by Crippen LogP contribution is 2.28. The molecule has 1 aromatic heterocycles. The number of amides is 3. The van der Waals surface area contributed by atoms with Crippen LogP contribution >= 0.6 is 0 Å². The van der Waals surface area contributed by atoms with E-state index in [9.17, 15) is 14.4 Å². The molecule has 2 aromatic carbocycles. The van der Waals surface area contributed by atoms with Gasteiger partial charge in [-0.15, -0.1) is 0 Å². The van der Waals surface area contributed by atoms with Crippen molar-refractivity contribution in [2.24, 2.45) is 0 Å². The van der Waals surface area contributed by atoms with E-state index in [4.69, 9.17) is 0 Å². The lowest BCUT2D eigenvalue weighted by atomic mass is 10.1. The molecule has 3 amide bonds. The molecule has 150 valence electrons. The molecule has 0 atom stereocenters. The highest BCUT2D eigenvalue weighted by molar-refractivity contribution is 6.33. The van der Waals surface area contributed by atoms with Crippen molar-refractivity contribution in [2.45, 2.75) is 25.7 Å². The van der Waals surface area contributed by atoms with E-state index in [-0.39, 0.29) is 17.3 Å². The first-order valence-corrected chi connectivity index (χ1v) is 10.2. The molecule has 2 aliphatic rings. The molecular weight excluding hydrogens is 380 g/mol. The number of benzene rings is 2. The molecule has 3 aromatic rings. The second kappa shape index (κ2) is 7.33. The number of para-hydroxylation sites is 2. The smallest absolute Gasteiger partial charge is 0.286 e. The summed E-state index contributed by atoms with van der Waals surface area (Å²) in [4.78, 5) is 50.2. The Hall–Kier alpha value is -3.61. The number of aromatic nitrogens is 2. The maximum absolute atomic E-state index is 12.9. The monoisotopic (exact) mass is 400 g/mol. The third-order valence-electron chi connectivity index (χ3n) is 5.65. The van der Waals surface area contributed by atoms with E-state index in [2.05, 4.69) is 9.97 Å². The SMILES string of the molecule is O=C(c1ccc(N2C(=O)c3nc4ccccc4nc3C2=O)cc1)N1CCCCCC1. The number of anilines is 1. The summed E-state index contributed by atoms with van der Waals surface area (Å²) in [7, 11) is 0. The van der Waals surface area contributed by atoms with Crippen molar-refractivity contribution in [1.82, 2.24) is 14.9 Å². The van der Waals surface area contributed by atoms with Crippen LogP contribution in [0.5, 0.6) is 0 Å². The van der Waals surface area contributed by atoms with Crippen LogP contribution in [-0.2, 0) is 0 Å². The summed E-state index contributed by atoms with van der Waals surface area (Å²) in [6.07, 6.45) is 4.35. The zero-order chi connectivity index (χ0) is 20.7. The number of likely N-dealkylation sites (tertiary alicyclic amines) is 1. The molecule has 0 N–H and O–H groups in total. The predicted octanol–water partition coefficient (Wildman–Crippen LogP) is 3.45. The molecule has 0 radical (unpaired) electrons. The standard InChI is InChI=1S/C23H20N4O3/c28-21(26-13-5-1-2-6-14-26)15-9-11-16(12-10-15)27-22(29)19-20(23(27)30)25-18-8-4-3-7-17(18)24-19/h3-4,7-12H,1-2,5-6,13-14H2. The number of fused-ring (bicyclic) bond motifs is 2. The van der Waals surface area contributed by atoms with Gasteiger partial charge < -0.3 is 4.90 Å². The number of rotatable bonds is 2. The average molecular weight is 400 g/mol. The summed E-state index contributed by atoms with van der Waals surface area (Å²) in [5.41, 5.74) is 2.21. The third kappa shape index (κ3) is 3.03. The second-order valence-corrected chi connectivity index (χ2v) is 7.61. The molecular formula is C23H20N4O3. The lowest BCUT2D eigenvalue weighted by Gasteiger charge is -2.21. The number of imide groups is 1. The minimum Gasteiger partial charge on any atom is -0.339 e. The van der Waals surface area contributed by atoms with Crippen molar-refractivity contribution in [3.63, 3.8) is 0 Å². The summed E-state index contributed by atoms with van der Waals surface area (Å²) in [6.45, 7) is 1.54. The Labute approximate surface area is 173 Å². The molecule has 0 bridgehead atoms. The van der Waals surface area contributed by atoms with Gasteiger partial charge in [0, 0.05) is 18.7 Å². The topological polar surface area (TPSA) is 83.5 Å². The second-order valence-electron chi connectivity index (χ2n) is 7.61. The average Bonchev–Trinajstić information content (AvgIpc) is 2.97. The lowest BCUT2D eigenvalue weighted by Crippen LogP contribution is -2.32. The Kier molecular flexibility index (Phi) is 4.50. The molecule has 0 aliphatic carbocycles. The van der Waals surface area contributed by atoms with Crippen LogP contribution in [0.3, 0.4) is 0 Å². The van der Waals surface area contributed by atoms with Crippen LogP contribution in [0.1, 0.15) is 57.0 Å². The summed E-state index contributed by atoms with van der Waals surface area (Å²) < 4.78 is 0. The highest BCUT2D eigenvalue weighted by atomic mass is 16.2. The van der Waals surface area contributed by atoms with Gasteiger partial charge in [0.25, 0.3) is 17.7 Å². The van der Waals surface area contributed by atoms with Gasteiger partial charge in [-0.2, -0.15) is 0 Å². The van der Waals surface area contributed by atoms with Crippen LogP contribution in [0, 0.1) is 0 Å².